The molecule has 182 valence electrons. The summed E-state index contributed by atoms with van der Waals surface area (Å²) >= 11 is 0. The summed E-state index contributed by atoms with van der Waals surface area (Å²) < 4.78 is 8.70. The SMILES string of the molecule is c1ccc2c(c1)oc1cc3c(cc12)c1cccc2c4cc(-c5cc(CC6CCCC6)ccn5)ccc4n3c21. The number of benzene rings is 4. The molecule has 3 heteroatoms. The first-order chi connectivity index (χ1) is 18.8. The highest BCUT2D eigenvalue weighted by Crippen LogP contribution is 2.42. The highest BCUT2D eigenvalue weighted by atomic mass is 16.3. The smallest absolute Gasteiger partial charge is 0.137 e. The largest absolute Gasteiger partial charge is 0.456 e. The average Bonchev–Trinajstić information content (AvgIpc) is 3.73. The third-order valence-corrected chi connectivity index (χ3v) is 8.93. The Morgan fingerprint density at radius 3 is 2.39 bits per heavy atom. The molecule has 0 aliphatic heterocycles. The first-order valence-electron chi connectivity index (χ1n) is 13.8. The van der Waals surface area contributed by atoms with Crippen LogP contribution in [0.15, 0.2) is 95.5 Å². The van der Waals surface area contributed by atoms with E-state index in [2.05, 4.69) is 83.3 Å². The van der Waals surface area contributed by atoms with Gasteiger partial charge in [0.15, 0.2) is 0 Å². The second kappa shape index (κ2) is 7.58. The lowest BCUT2D eigenvalue weighted by Crippen LogP contribution is -1.99. The second-order valence-corrected chi connectivity index (χ2v) is 11.1. The molecule has 3 nitrogen and oxygen atoms in total. The van der Waals surface area contributed by atoms with Crippen molar-refractivity contribution in [3.63, 3.8) is 0 Å². The minimum absolute atomic E-state index is 0.834. The zero-order valence-electron chi connectivity index (χ0n) is 21.1. The fraction of sp³-hybridized carbons (Fsp3) is 0.171. The van der Waals surface area contributed by atoms with E-state index in [4.69, 9.17) is 9.40 Å². The molecule has 1 aliphatic rings. The van der Waals surface area contributed by atoms with E-state index < -0.39 is 0 Å². The molecule has 1 fully saturated rings. The minimum atomic E-state index is 0.834. The lowest BCUT2D eigenvalue weighted by molar-refractivity contribution is 0.546. The van der Waals surface area contributed by atoms with Crippen molar-refractivity contribution >= 4 is 60.0 Å². The highest BCUT2D eigenvalue weighted by Gasteiger charge is 2.20. The summed E-state index contributed by atoms with van der Waals surface area (Å²) in [5.41, 5.74) is 9.26. The van der Waals surface area contributed by atoms with Gasteiger partial charge in [0.25, 0.3) is 0 Å². The number of hydrogen-bond acceptors (Lipinski definition) is 2. The van der Waals surface area contributed by atoms with E-state index in [9.17, 15) is 0 Å². The topological polar surface area (TPSA) is 30.4 Å². The molecule has 4 heterocycles. The monoisotopic (exact) mass is 490 g/mol. The number of furan rings is 1. The Morgan fingerprint density at radius 1 is 0.684 bits per heavy atom. The molecule has 4 aromatic heterocycles. The van der Waals surface area contributed by atoms with E-state index in [1.54, 1.807) is 0 Å². The van der Waals surface area contributed by atoms with Crippen LogP contribution in [0.2, 0.25) is 0 Å². The molecular formula is C35H26N2O. The van der Waals surface area contributed by atoms with Gasteiger partial charge in [-0.05, 0) is 54.3 Å². The van der Waals surface area contributed by atoms with Crippen molar-refractivity contribution in [2.45, 2.75) is 32.1 Å². The van der Waals surface area contributed by atoms with Crippen molar-refractivity contribution in [2.24, 2.45) is 5.92 Å². The highest BCUT2D eigenvalue weighted by molar-refractivity contribution is 6.25. The molecule has 0 unspecified atom stereocenters. The van der Waals surface area contributed by atoms with Gasteiger partial charge in [0.05, 0.1) is 22.2 Å². The van der Waals surface area contributed by atoms with Gasteiger partial charge < -0.3 is 8.82 Å². The van der Waals surface area contributed by atoms with Crippen LogP contribution in [0.5, 0.6) is 0 Å². The molecule has 0 amide bonds. The molecule has 0 bridgehead atoms. The Labute approximate surface area is 219 Å². The van der Waals surface area contributed by atoms with Crippen LogP contribution < -0.4 is 0 Å². The van der Waals surface area contributed by atoms with Crippen LogP contribution in [0.4, 0.5) is 0 Å². The zero-order chi connectivity index (χ0) is 24.8. The Morgan fingerprint density at radius 2 is 1.50 bits per heavy atom. The van der Waals surface area contributed by atoms with E-state index in [1.165, 1.54) is 92.1 Å². The number of fused-ring (bicyclic) bond motifs is 9. The molecule has 1 aliphatic carbocycles. The van der Waals surface area contributed by atoms with Gasteiger partial charge in [-0.25, -0.2) is 0 Å². The van der Waals surface area contributed by atoms with Crippen molar-refractivity contribution in [3.8, 4) is 11.3 Å². The van der Waals surface area contributed by atoms with Crippen molar-refractivity contribution in [1.29, 1.82) is 0 Å². The molecular weight excluding hydrogens is 464 g/mol. The summed E-state index contributed by atoms with van der Waals surface area (Å²) in [5, 5.41) is 7.48. The van der Waals surface area contributed by atoms with Crippen LogP contribution in [0.25, 0.3) is 71.3 Å². The quantitative estimate of drug-likeness (QED) is 0.247. The van der Waals surface area contributed by atoms with Crippen LogP contribution in [0.1, 0.15) is 31.2 Å². The third-order valence-electron chi connectivity index (χ3n) is 8.93. The zero-order valence-corrected chi connectivity index (χ0v) is 21.1. The summed E-state index contributed by atoms with van der Waals surface area (Å²) in [4.78, 5) is 4.78. The maximum Gasteiger partial charge on any atom is 0.137 e. The Hall–Kier alpha value is -4.37. The van der Waals surface area contributed by atoms with Crippen molar-refractivity contribution in [2.75, 3.05) is 0 Å². The Balaban J connectivity index is 1.26. The van der Waals surface area contributed by atoms with Gasteiger partial charge in [-0.2, -0.15) is 0 Å². The first-order valence-corrected chi connectivity index (χ1v) is 13.8. The molecule has 8 aromatic rings. The van der Waals surface area contributed by atoms with Crippen LogP contribution in [0.3, 0.4) is 0 Å². The minimum Gasteiger partial charge on any atom is -0.456 e. The third kappa shape index (κ3) is 2.82. The predicted molar refractivity (Wildman–Crippen MR) is 157 cm³/mol. The molecule has 9 rings (SSSR count). The van der Waals surface area contributed by atoms with Gasteiger partial charge in [-0.15, -0.1) is 0 Å². The van der Waals surface area contributed by atoms with Crippen molar-refractivity contribution in [1.82, 2.24) is 9.38 Å². The lowest BCUT2D eigenvalue weighted by Gasteiger charge is -2.10. The Kier molecular flexibility index (Phi) is 4.12. The standard InChI is InChI=1S/C35H26N2O/c1-2-7-21(6-1)16-22-14-15-36-30(17-22)23-12-13-31-27(18-23)25-9-5-10-26-28-19-29-24-8-3-4-11-33(24)38-34(29)20-32(28)37(31)35(25)26/h3-5,8-15,17-21H,1-2,6-7,16H2. The van der Waals surface area contributed by atoms with Gasteiger partial charge >= 0.3 is 0 Å². The van der Waals surface area contributed by atoms with E-state index >= 15 is 0 Å². The van der Waals surface area contributed by atoms with Crippen LogP contribution in [-0.2, 0) is 6.42 Å². The molecule has 0 saturated heterocycles. The second-order valence-electron chi connectivity index (χ2n) is 11.1. The van der Waals surface area contributed by atoms with E-state index in [0.29, 0.717) is 0 Å². The van der Waals surface area contributed by atoms with Gasteiger partial charge in [-0.3, -0.25) is 4.98 Å². The average molecular weight is 491 g/mol. The van der Waals surface area contributed by atoms with Crippen molar-refractivity contribution in [3.05, 3.63) is 96.7 Å². The number of rotatable bonds is 3. The van der Waals surface area contributed by atoms with Crippen molar-refractivity contribution < 1.29 is 4.42 Å². The van der Waals surface area contributed by atoms with Gasteiger partial charge in [0, 0.05) is 50.1 Å². The molecule has 1 saturated carbocycles. The molecule has 0 radical (unpaired) electrons. The fourth-order valence-corrected chi connectivity index (χ4v) is 7.16. The van der Waals surface area contributed by atoms with Crippen LogP contribution in [-0.4, -0.2) is 9.38 Å². The number of aromatic nitrogens is 2. The lowest BCUT2D eigenvalue weighted by atomic mass is 9.97. The summed E-state index contributed by atoms with van der Waals surface area (Å²) in [7, 11) is 0. The van der Waals surface area contributed by atoms with E-state index in [0.717, 1.165) is 22.8 Å². The maximum absolute atomic E-state index is 6.27. The first kappa shape index (κ1) is 20.7. The number of hydrogen-bond donors (Lipinski definition) is 0. The predicted octanol–water partition coefficient (Wildman–Crippen LogP) is 9.53. The van der Waals surface area contributed by atoms with Gasteiger partial charge in [0.1, 0.15) is 11.2 Å². The summed E-state index contributed by atoms with van der Waals surface area (Å²) in [5.74, 6) is 0.834. The van der Waals surface area contributed by atoms with Gasteiger partial charge in [0.2, 0.25) is 0 Å². The summed E-state index contributed by atoms with van der Waals surface area (Å²) in [6, 6.07) is 30.9. The summed E-state index contributed by atoms with van der Waals surface area (Å²) in [6.07, 6.45) is 8.67. The van der Waals surface area contributed by atoms with Crippen LogP contribution >= 0.6 is 0 Å². The number of para-hydroxylation sites is 2. The molecule has 4 aromatic carbocycles. The molecule has 38 heavy (non-hydrogen) atoms. The van der Waals surface area contributed by atoms with Crippen LogP contribution in [0, 0.1) is 5.92 Å². The fourth-order valence-electron chi connectivity index (χ4n) is 7.16. The number of pyridine rings is 1. The van der Waals surface area contributed by atoms with E-state index in [-0.39, 0.29) is 0 Å². The summed E-state index contributed by atoms with van der Waals surface area (Å²) in [6.45, 7) is 0. The maximum atomic E-state index is 6.27. The molecule has 0 N–H and O–H groups in total. The Bertz CT molecular complexity index is 2170. The molecule has 0 atom stereocenters. The normalized spacial score (nSPS) is 14.9. The van der Waals surface area contributed by atoms with Gasteiger partial charge in [-0.1, -0.05) is 68.1 Å². The number of nitrogens with zero attached hydrogens (tertiary/aromatic N) is 2. The molecule has 0 spiro atoms. The van der Waals surface area contributed by atoms with E-state index in [1.807, 2.05) is 12.3 Å².